The first-order chi connectivity index (χ1) is 14.8. The molecule has 2 aliphatic rings. The number of piperidine rings is 1. The number of hydrogen-bond donors (Lipinski definition) is 0. The summed E-state index contributed by atoms with van der Waals surface area (Å²) in [6, 6.07) is 5.14. The van der Waals surface area contributed by atoms with Crippen molar-refractivity contribution in [2.24, 2.45) is 11.8 Å². The number of halogens is 1. The van der Waals surface area contributed by atoms with E-state index in [1.165, 1.54) is 11.8 Å². The molecular formula is C23H30ClN3O3S. The molecule has 2 fully saturated rings. The molecule has 0 radical (unpaired) electrons. The minimum absolute atomic E-state index is 0.00148. The summed E-state index contributed by atoms with van der Waals surface area (Å²) in [5.74, 6) is 1.11. The zero-order valence-electron chi connectivity index (χ0n) is 18.3. The Morgan fingerprint density at radius 1 is 1.32 bits per heavy atom. The number of carbonyl (C=O) groups is 1. The van der Waals surface area contributed by atoms with E-state index in [4.69, 9.17) is 21.3 Å². The van der Waals surface area contributed by atoms with Crippen LogP contribution in [-0.2, 0) is 16.1 Å². The molecule has 168 valence electrons. The Balaban J connectivity index is 1.64. The van der Waals surface area contributed by atoms with Gasteiger partial charge >= 0.3 is 0 Å². The van der Waals surface area contributed by atoms with E-state index in [-0.39, 0.29) is 22.8 Å². The number of carbonyl (C=O) groups excluding carboxylic acids is 1. The third-order valence-electron chi connectivity index (χ3n) is 6.10. The van der Waals surface area contributed by atoms with E-state index in [9.17, 15) is 9.59 Å². The fourth-order valence-corrected chi connectivity index (χ4v) is 5.89. The van der Waals surface area contributed by atoms with Gasteiger partial charge in [-0.1, -0.05) is 37.2 Å². The summed E-state index contributed by atoms with van der Waals surface area (Å²) in [6.07, 6.45) is 3.07. The van der Waals surface area contributed by atoms with E-state index in [2.05, 4.69) is 13.8 Å². The van der Waals surface area contributed by atoms with Gasteiger partial charge in [-0.3, -0.25) is 14.2 Å². The largest absolute Gasteiger partial charge is 0.376 e. The summed E-state index contributed by atoms with van der Waals surface area (Å²) in [5.41, 5.74) is 0.447. The molecule has 2 aliphatic heterocycles. The Hall–Kier alpha value is -1.57. The predicted octanol–water partition coefficient (Wildman–Crippen LogP) is 4.21. The second kappa shape index (κ2) is 9.51. The van der Waals surface area contributed by atoms with Crippen molar-refractivity contribution in [1.29, 1.82) is 0 Å². The van der Waals surface area contributed by atoms with Crippen LogP contribution in [0.4, 0.5) is 0 Å². The molecule has 2 aromatic rings. The van der Waals surface area contributed by atoms with Gasteiger partial charge < -0.3 is 9.64 Å². The number of thioether (sulfide) groups is 1. The summed E-state index contributed by atoms with van der Waals surface area (Å²) in [6.45, 7) is 9.05. The number of benzene rings is 1. The molecule has 1 amide bonds. The smallest absolute Gasteiger partial charge is 0.262 e. The zero-order chi connectivity index (χ0) is 22.1. The molecule has 4 atom stereocenters. The lowest BCUT2D eigenvalue weighted by atomic mass is 9.92. The van der Waals surface area contributed by atoms with Crippen LogP contribution >= 0.6 is 23.4 Å². The fraction of sp³-hybridized carbons (Fsp3) is 0.609. The molecule has 0 saturated carbocycles. The molecule has 6 nitrogen and oxygen atoms in total. The van der Waals surface area contributed by atoms with Crippen LogP contribution in [0.1, 0.15) is 40.0 Å². The average molecular weight is 464 g/mol. The Morgan fingerprint density at radius 3 is 2.74 bits per heavy atom. The standard InChI is InChI=1S/C23H30ClN3O3S/c1-14-9-15(2)12-26(11-14)21(28)16(3)31-23-25-20-10-17(24)6-7-19(20)22(29)27(23)13-18-5-4-8-30-18/h6-7,10,14-16,18H,4-5,8-9,11-13H2,1-3H3/t14-,15+,16-,18+/m0/s1. The fourth-order valence-electron chi connectivity index (χ4n) is 4.73. The minimum atomic E-state index is -0.336. The number of aromatic nitrogens is 2. The van der Waals surface area contributed by atoms with E-state index in [1.807, 2.05) is 11.8 Å². The second-order valence-electron chi connectivity index (χ2n) is 9.06. The third kappa shape index (κ3) is 5.10. The number of ether oxygens (including phenoxy) is 1. The molecule has 1 aromatic heterocycles. The van der Waals surface area contributed by atoms with Crippen LogP contribution in [0.5, 0.6) is 0 Å². The van der Waals surface area contributed by atoms with E-state index in [0.717, 1.165) is 39.0 Å². The number of likely N-dealkylation sites (tertiary alicyclic amines) is 1. The Labute approximate surface area is 192 Å². The van der Waals surface area contributed by atoms with Crippen LogP contribution in [0.15, 0.2) is 28.2 Å². The normalized spacial score (nSPS) is 25.2. The maximum absolute atomic E-state index is 13.3. The maximum Gasteiger partial charge on any atom is 0.262 e. The van der Waals surface area contributed by atoms with Gasteiger partial charge in [0.15, 0.2) is 5.16 Å². The van der Waals surface area contributed by atoms with Crippen molar-refractivity contribution in [1.82, 2.24) is 14.5 Å². The molecule has 0 aliphatic carbocycles. The highest BCUT2D eigenvalue weighted by Gasteiger charge is 2.30. The first-order valence-corrected chi connectivity index (χ1v) is 12.3. The van der Waals surface area contributed by atoms with Crippen LogP contribution in [0.3, 0.4) is 0 Å². The van der Waals surface area contributed by atoms with Crippen molar-refractivity contribution >= 4 is 40.2 Å². The second-order valence-corrected chi connectivity index (χ2v) is 10.8. The maximum atomic E-state index is 13.3. The molecule has 0 bridgehead atoms. The highest BCUT2D eigenvalue weighted by Crippen LogP contribution is 2.28. The average Bonchev–Trinajstić information content (AvgIpc) is 3.22. The van der Waals surface area contributed by atoms with E-state index >= 15 is 0 Å². The van der Waals surface area contributed by atoms with Crippen LogP contribution in [0.25, 0.3) is 10.9 Å². The summed E-state index contributed by atoms with van der Waals surface area (Å²) < 4.78 is 7.46. The van der Waals surface area contributed by atoms with Gasteiger partial charge in [-0.25, -0.2) is 4.98 Å². The number of nitrogens with zero attached hydrogens (tertiary/aromatic N) is 3. The molecule has 0 spiro atoms. The van der Waals surface area contributed by atoms with Gasteiger partial charge in [-0.15, -0.1) is 0 Å². The topological polar surface area (TPSA) is 64.4 Å². The first-order valence-electron chi connectivity index (χ1n) is 11.1. The number of hydrogen-bond acceptors (Lipinski definition) is 5. The summed E-state index contributed by atoms with van der Waals surface area (Å²) in [5, 5.41) is 1.28. The first kappa shape index (κ1) is 22.6. The van der Waals surface area contributed by atoms with Crippen molar-refractivity contribution in [2.75, 3.05) is 19.7 Å². The van der Waals surface area contributed by atoms with Crippen LogP contribution in [-0.4, -0.2) is 51.4 Å². The highest BCUT2D eigenvalue weighted by molar-refractivity contribution is 8.00. The molecule has 0 unspecified atom stereocenters. The summed E-state index contributed by atoms with van der Waals surface area (Å²) >= 11 is 7.50. The van der Waals surface area contributed by atoms with E-state index in [0.29, 0.717) is 39.5 Å². The Morgan fingerprint density at radius 2 is 2.06 bits per heavy atom. The van der Waals surface area contributed by atoms with Crippen LogP contribution in [0, 0.1) is 11.8 Å². The lowest BCUT2D eigenvalue weighted by molar-refractivity contribution is -0.132. The number of amides is 1. The quantitative estimate of drug-likeness (QED) is 0.490. The molecule has 0 N–H and O–H groups in total. The van der Waals surface area contributed by atoms with Gasteiger partial charge in [0.1, 0.15) is 0 Å². The molecule has 2 saturated heterocycles. The Kier molecular flexibility index (Phi) is 6.94. The van der Waals surface area contributed by atoms with Crippen molar-refractivity contribution in [2.45, 2.75) is 63.1 Å². The van der Waals surface area contributed by atoms with Crippen molar-refractivity contribution in [3.05, 3.63) is 33.6 Å². The van der Waals surface area contributed by atoms with Crippen molar-refractivity contribution in [3.8, 4) is 0 Å². The van der Waals surface area contributed by atoms with Gasteiger partial charge in [0.2, 0.25) is 5.91 Å². The van der Waals surface area contributed by atoms with Gasteiger partial charge in [0, 0.05) is 24.7 Å². The van der Waals surface area contributed by atoms with Crippen LogP contribution < -0.4 is 5.56 Å². The Bertz CT molecular complexity index is 1010. The number of fused-ring (bicyclic) bond motifs is 1. The minimum Gasteiger partial charge on any atom is -0.376 e. The molecular weight excluding hydrogens is 434 g/mol. The molecule has 1 aromatic carbocycles. The monoisotopic (exact) mass is 463 g/mol. The van der Waals surface area contributed by atoms with Gasteiger partial charge in [-0.05, 0) is 56.2 Å². The van der Waals surface area contributed by atoms with Crippen LogP contribution in [0.2, 0.25) is 5.02 Å². The number of rotatable bonds is 5. The molecule has 4 rings (SSSR count). The van der Waals surface area contributed by atoms with Gasteiger partial charge in [0.25, 0.3) is 5.56 Å². The lowest BCUT2D eigenvalue weighted by Gasteiger charge is -2.36. The third-order valence-corrected chi connectivity index (χ3v) is 7.42. The summed E-state index contributed by atoms with van der Waals surface area (Å²) in [7, 11) is 0. The lowest BCUT2D eigenvalue weighted by Crippen LogP contribution is -2.45. The summed E-state index contributed by atoms with van der Waals surface area (Å²) in [4.78, 5) is 33.2. The molecule has 31 heavy (non-hydrogen) atoms. The zero-order valence-corrected chi connectivity index (χ0v) is 19.9. The van der Waals surface area contributed by atoms with Crippen molar-refractivity contribution in [3.63, 3.8) is 0 Å². The van der Waals surface area contributed by atoms with E-state index in [1.54, 1.807) is 22.8 Å². The van der Waals surface area contributed by atoms with Crippen molar-refractivity contribution < 1.29 is 9.53 Å². The molecule has 8 heteroatoms. The predicted molar refractivity (Wildman–Crippen MR) is 125 cm³/mol. The molecule has 3 heterocycles. The highest BCUT2D eigenvalue weighted by atomic mass is 35.5. The van der Waals surface area contributed by atoms with Gasteiger partial charge in [0.05, 0.1) is 28.8 Å². The van der Waals surface area contributed by atoms with E-state index < -0.39 is 0 Å². The van der Waals surface area contributed by atoms with Gasteiger partial charge in [-0.2, -0.15) is 0 Å². The SMILES string of the molecule is C[C@@H]1C[C@H](C)CN(C(=O)[C@H](C)Sc2nc3cc(Cl)ccc3c(=O)n2C[C@H]2CCCO2)C1.